The summed E-state index contributed by atoms with van der Waals surface area (Å²) in [4.78, 5) is 18.3. The van der Waals surface area contributed by atoms with E-state index < -0.39 is 16.1 Å². The number of rotatable bonds is 6. The number of hydrogen-bond acceptors (Lipinski definition) is 9. The number of benzene rings is 1. The highest BCUT2D eigenvalue weighted by molar-refractivity contribution is 7.88. The van der Waals surface area contributed by atoms with Crippen LogP contribution in [0.2, 0.25) is 0 Å². The van der Waals surface area contributed by atoms with E-state index >= 15 is 0 Å². The molecule has 194 valence electrons. The zero-order chi connectivity index (χ0) is 24.4. The van der Waals surface area contributed by atoms with Gasteiger partial charge in [-0.15, -0.1) is 0 Å². The van der Waals surface area contributed by atoms with Gasteiger partial charge in [-0.25, -0.2) is 18.4 Å². The molecule has 1 aromatic carbocycles. The molecule has 2 fully saturated rings. The molecule has 0 aliphatic carbocycles. The summed E-state index contributed by atoms with van der Waals surface area (Å²) in [5.74, 6) is 0.355. The van der Waals surface area contributed by atoms with Gasteiger partial charge in [-0.1, -0.05) is 12.1 Å². The Morgan fingerprint density at radius 3 is 2.50 bits per heavy atom. The molecule has 10 nitrogen and oxygen atoms in total. The van der Waals surface area contributed by atoms with Crippen LogP contribution in [-0.2, 0) is 14.8 Å². The molecule has 0 bridgehead atoms. The second-order valence-electron chi connectivity index (χ2n) is 9.00. The lowest BCUT2D eigenvalue weighted by Gasteiger charge is -2.34. The highest BCUT2D eigenvalue weighted by Crippen LogP contribution is 2.29. The standard InChI is InChI=1S/C24H30N6O4S.H2S/c1-28-9-11-29(12-10-28)19-5-3-18(4-6-19)21-15-22-23(26-8-7-25-22)24(27-21)34-17-20-16-30(13-14-33-20)35(2,31)32;/h3-8,15,20H,9-14,16-17H2,1-2H3;1H2/t20-;/m0./s1. The number of piperazine rings is 1. The number of ether oxygens (including phenoxy) is 2. The van der Waals surface area contributed by atoms with Crippen LogP contribution in [0.25, 0.3) is 22.3 Å². The third kappa shape index (κ3) is 6.06. The summed E-state index contributed by atoms with van der Waals surface area (Å²) in [6.45, 7) is 5.22. The predicted octanol–water partition coefficient (Wildman–Crippen LogP) is 1.60. The zero-order valence-corrected chi connectivity index (χ0v) is 22.3. The fraction of sp³-hybridized carbons (Fsp3) is 0.458. The Balaban J connectivity index is 0.00000304. The third-order valence-corrected chi connectivity index (χ3v) is 7.70. The van der Waals surface area contributed by atoms with Crippen LogP contribution in [0.1, 0.15) is 0 Å². The molecule has 36 heavy (non-hydrogen) atoms. The van der Waals surface area contributed by atoms with E-state index in [0.29, 0.717) is 30.1 Å². The molecule has 0 saturated carbocycles. The first kappa shape index (κ1) is 26.6. The van der Waals surface area contributed by atoms with Crippen molar-refractivity contribution in [2.24, 2.45) is 0 Å². The third-order valence-electron chi connectivity index (χ3n) is 6.43. The van der Waals surface area contributed by atoms with Gasteiger partial charge in [0.25, 0.3) is 0 Å². The topological polar surface area (TPSA) is 101 Å². The molecule has 0 amide bonds. The molecule has 0 unspecified atom stereocenters. The average Bonchev–Trinajstić information content (AvgIpc) is 2.87. The van der Waals surface area contributed by atoms with Crippen LogP contribution in [0.3, 0.4) is 0 Å². The Morgan fingerprint density at radius 1 is 1.06 bits per heavy atom. The van der Waals surface area contributed by atoms with Gasteiger partial charge in [-0.05, 0) is 25.2 Å². The molecule has 3 aromatic rings. The first-order valence-electron chi connectivity index (χ1n) is 11.7. The van der Waals surface area contributed by atoms with Gasteiger partial charge in [0.2, 0.25) is 15.9 Å². The lowest BCUT2D eigenvalue weighted by Crippen LogP contribution is -2.47. The summed E-state index contributed by atoms with van der Waals surface area (Å²) in [5, 5.41) is 0. The van der Waals surface area contributed by atoms with E-state index in [0.717, 1.165) is 37.4 Å². The lowest BCUT2D eigenvalue weighted by atomic mass is 10.1. The Kier molecular flexibility index (Phi) is 8.30. The molecule has 1 atom stereocenters. The molecule has 2 aliphatic rings. The van der Waals surface area contributed by atoms with E-state index in [9.17, 15) is 8.42 Å². The summed E-state index contributed by atoms with van der Waals surface area (Å²) >= 11 is 0. The maximum Gasteiger partial charge on any atom is 0.242 e. The molecule has 2 aromatic heterocycles. The van der Waals surface area contributed by atoms with Crippen molar-refractivity contribution in [1.82, 2.24) is 24.2 Å². The molecule has 4 heterocycles. The quantitative estimate of drug-likeness (QED) is 0.468. The second-order valence-corrected chi connectivity index (χ2v) is 11.0. The Bertz CT molecular complexity index is 1280. The van der Waals surface area contributed by atoms with E-state index in [1.165, 1.54) is 16.2 Å². The number of anilines is 1. The van der Waals surface area contributed by atoms with Gasteiger partial charge in [-0.2, -0.15) is 17.8 Å². The molecule has 2 saturated heterocycles. The molecule has 0 radical (unpaired) electrons. The Hall–Kier alpha value is -2.51. The minimum atomic E-state index is -3.28. The average molecular weight is 533 g/mol. The number of fused-ring (bicyclic) bond motifs is 1. The largest absolute Gasteiger partial charge is 0.473 e. The maximum absolute atomic E-state index is 11.9. The smallest absolute Gasteiger partial charge is 0.242 e. The number of sulfonamides is 1. The molecule has 0 N–H and O–H groups in total. The van der Waals surface area contributed by atoms with Crippen molar-refractivity contribution in [3.63, 3.8) is 0 Å². The zero-order valence-electron chi connectivity index (χ0n) is 20.5. The van der Waals surface area contributed by atoms with Crippen LogP contribution in [0.5, 0.6) is 5.88 Å². The van der Waals surface area contributed by atoms with Gasteiger partial charge in [0, 0.05) is 62.9 Å². The van der Waals surface area contributed by atoms with Crippen LogP contribution < -0.4 is 9.64 Å². The fourth-order valence-electron chi connectivity index (χ4n) is 4.37. The number of nitrogens with zero attached hydrogens (tertiary/aromatic N) is 6. The van der Waals surface area contributed by atoms with Crippen LogP contribution in [0.15, 0.2) is 42.7 Å². The van der Waals surface area contributed by atoms with Crippen molar-refractivity contribution >= 4 is 40.2 Å². The van der Waals surface area contributed by atoms with E-state index in [1.54, 1.807) is 12.4 Å². The Labute approximate surface area is 218 Å². The first-order chi connectivity index (χ1) is 16.9. The van der Waals surface area contributed by atoms with E-state index in [1.807, 2.05) is 6.07 Å². The molecule has 12 heteroatoms. The van der Waals surface area contributed by atoms with Gasteiger partial charge >= 0.3 is 0 Å². The summed E-state index contributed by atoms with van der Waals surface area (Å²) in [6, 6.07) is 10.3. The minimum absolute atomic E-state index is 0. The summed E-state index contributed by atoms with van der Waals surface area (Å²) < 4.78 is 37.0. The molecule has 5 rings (SSSR count). The van der Waals surface area contributed by atoms with Gasteiger partial charge < -0.3 is 19.3 Å². The normalized spacial score (nSPS) is 19.7. The lowest BCUT2D eigenvalue weighted by molar-refractivity contribution is -0.0252. The van der Waals surface area contributed by atoms with E-state index in [2.05, 4.69) is 51.1 Å². The van der Waals surface area contributed by atoms with Gasteiger partial charge in [0.05, 0.1) is 24.1 Å². The van der Waals surface area contributed by atoms with Crippen LogP contribution in [0.4, 0.5) is 5.69 Å². The summed E-state index contributed by atoms with van der Waals surface area (Å²) in [6.07, 6.45) is 4.06. The molecule has 2 aliphatic heterocycles. The van der Waals surface area contributed by atoms with Crippen molar-refractivity contribution in [3.8, 4) is 17.1 Å². The highest BCUT2D eigenvalue weighted by Gasteiger charge is 2.27. The van der Waals surface area contributed by atoms with Gasteiger partial charge in [0.1, 0.15) is 12.7 Å². The van der Waals surface area contributed by atoms with Gasteiger partial charge in [0.15, 0.2) is 5.52 Å². The fourth-order valence-corrected chi connectivity index (χ4v) is 5.21. The highest BCUT2D eigenvalue weighted by atomic mass is 32.2. The number of pyridine rings is 1. The SMILES string of the molecule is CN1CCN(c2ccc(-c3cc4nccnc4c(OC[C@@H]4CN(S(C)(=O)=O)CCO4)n3)cc2)CC1.S. The predicted molar refractivity (Wildman–Crippen MR) is 145 cm³/mol. The van der Waals surface area contributed by atoms with Gasteiger partial charge in [-0.3, -0.25) is 4.98 Å². The summed E-state index contributed by atoms with van der Waals surface area (Å²) in [5.41, 5.74) is 4.13. The van der Waals surface area contributed by atoms with E-state index in [4.69, 9.17) is 14.5 Å². The monoisotopic (exact) mass is 532 g/mol. The Morgan fingerprint density at radius 2 is 1.78 bits per heavy atom. The van der Waals surface area contributed by atoms with Crippen molar-refractivity contribution in [2.75, 3.05) is 70.7 Å². The van der Waals surface area contributed by atoms with E-state index in [-0.39, 0.29) is 26.6 Å². The molecule has 0 spiro atoms. The number of likely N-dealkylation sites (N-methyl/N-ethyl adjacent to an activating group) is 1. The van der Waals surface area contributed by atoms with Crippen LogP contribution >= 0.6 is 13.5 Å². The minimum Gasteiger partial charge on any atom is -0.473 e. The maximum atomic E-state index is 11.9. The second kappa shape index (κ2) is 11.3. The molecular formula is C24H32N6O4S2. The van der Waals surface area contributed by atoms with Crippen molar-refractivity contribution in [3.05, 3.63) is 42.7 Å². The van der Waals surface area contributed by atoms with Crippen molar-refractivity contribution in [1.29, 1.82) is 0 Å². The van der Waals surface area contributed by atoms with Crippen molar-refractivity contribution < 1.29 is 17.9 Å². The summed E-state index contributed by atoms with van der Waals surface area (Å²) in [7, 11) is -1.13. The first-order valence-corrected chi connectivity index (χ1v) is 13.6. The number of aromatic nitrogens is 3. The van der Waals surface area contributed by atoms with Crippen LogP contribution in [0, 0.1) is 0 Å². The van der Waals surface area contributed by atoms with Crippen molar-refractivity contribution in [2.45, 2.75) is 6.10 Å². The number of hydrogen-bond donors (Lipinski definition) is 0. The number of morpholine rings is 1. The molecular weight excluding hydrogens is 500 g/mol. The van der Waals surface area contributed by atoms with Crippen LogP contribution in [-0.4, -0.2) is 104 Å².